The third-order valence-electron chi connectivity index (χ3n) is 11.3. The van der Waals surface area contributed by atoms with Gasteiger partial charge in [-0.3, -0.25) is 0 Å². The molecule has 10 unspecified atom stereocenters. The Morgan fingerprint density at radius 2 is 0.954 bits per heavy atom. The van der Waals surface area contributed by atoms with E-state index >= 15 is 0 Å². The van der Waals surface area contributed by atoms with E-state index in [2.05, 4.69) is 4.74 Å². The average molecular weight is 929 g/mol. The number of carbonyl (C=O) groups is 1. The number of carbonyl (C=O) groups excluding carboxylic acids is 1. The molecule has 0 radical (unpaired) electrons. The van der Waals surface area contributed by atoms with E-state index in [9.17, 15) is 65.5 Å². The van der Waals surface area contributed by atoms with Gasteiger partial charge in [-0.15, -0.1) is 0 Å². The van der Waals surface area contributed by atoms with E-state index in [1.165, 1.54) is 12.1 Å². The molecule has 10 atom stereocenters. The maximum atomic E-state index is 14.6. The second-order valence-corrected chi connectivity index (χ2v) is 15.7. The van der Waals surface area contributed by atoms with Gasteiger partial charge in [0.2, 0.25) is 0 Å². The van der Waals surface area contributed by atoms with Crippen LogP contribution in [0.4, 0.5) is 39.9 Å². The maximum absolute atomic E-state index is 14.6. The summed E-state index contributed by atoms with van der Waals surface area (Å²) >= 11 is 0. The van der Waals surface area contributed by atoms with Crippen molar-refractivity contribution in [1.29, 1.82) is 0 Å². The van der Waals surface area contributed by atoms with Crippen LogP contribution in [0.5, 0.6) is 0 Å². The monoisotopic (exact) mass is 928 g/mol. The highest BCUT2D eigenvalue weighted by Crippen LogP contribution is 2.40. The van der Waals surface area contributed by atoms with E-state index in [0.717, 1.165) is 48.2 Å². The van der Waals surface area contributed by atoms with Gasteiger partial charge in [-0.25, -0.2) is 13.6 Å². The molecule has 10 nitrogen and oxygen atoms in total. The van der Waals surface area contributed by atoms with E-state index in [1.807, 2.05) is 38.1 Å². The number of aliphatic hydroxyl groups is 5. The van der Waals surface area contributed by atoms with Gasteiger partial charge in [0.1, 0.15) is 55.4 Å². The zero-order valence-corrected chi connectivity index (χ0v) is 35.6. The fourth-order valence-corrected chi connectivity index (χ4v) is 7.65. The molecule has 65 heavy (non-hydrogen) atoms. The van der Waals surface area contributed by atoms with Gasteiger partial charge in [-0.1, -0.05) is 86.6 Å². The zero-order chi connectivity index (χ0) is 47.8. The summed E-state index contributed by atoms with van der Waals surface area (Å²) in [6.45, 7) is 4.18. The van der Waals surface area contributed by atoms with Crippen LogP contribution in [0.3, 0.4) is 0 Å². The summed E-state index contributed by atoms with van der Waals surface area (Å²) in [5, 5.41) is 50.0. The smallest absolute Gasteiger partial charge is 0.435 e. The van der Waals surface area contributed by atoms with E-state index in [0.29, 0.717) is 11.1 Å². The maximum Gasteiger partial charge on any atom is 0.508 e. The molecule has 18 heteroatoms. The van der Waals surface area contributed by atoms with Crippen molar-refractivity contribution in [3.63, 3.8) is 0 Å². The molecule has 0 saturated carbocycles. The molecule has 0 aliphatic carbocycles. The molecule has 4 aromatic rings. The molecule has 2 heterocycles. The number of rotatable bonds is 12. The zero-order valence-electron chi connectivity index (χ0n) is 35.6. The van der Waals surface area contributed by atoms with Crippen molar-refractivity contribution in [2.24, 2.45) is 0 Å². The largest absolute Gasteiger partial charge is 0.508 e. The standard InChI is InChI=1S/C25H28F4O6.C22H24F4O4/c1-3-14-5-7-15(8-6-14)11-17-12-16(9-10-18(17)25(27,28)29)23-22(31)21(30)20(26)19(35-23)13-34-24(32)33-4-2;1-2-12-3-5-13(6-4-12)9-15-10-14(7-8-16(15)22(24,25)26)21-20(29)19(28)18(23)17(11-27)30-21/h5-10,12,19-23,30-31H,3-4,11,13H2,1-2H3;3-8,10,17-21,27-29H,2,9,11H2,1H3. The predicted octanol–water partition coefficient (Wildman–Crippen LogP) is 7.88. The number of hydrogen-bond acceptors (Lipinski definition) is 10. The Bertz CT molecular complexity index is 2150. The summed E-state index contributed by atoms with van der Waals surface area (Å²) in [5.74, 6) is 0. The van der Waals surface area contributed by atoms with Crippen molar-refractivity contribution in [3.8, 4) is 0 Å². The number of ether oxygens (including phenoxy) is 4. The van der Waals surface area contributed by atoms with Crippen LogP contribution < -0.4 is 0 Å². The molecule has 0 bridgehead atoms. The van der Waals surface area contributed by atoms with Crippen LogP contribution in [-0.2, 0) is 57.0 Å². The minimum absolute atomic E-state index is 0.00674. The van der Waals surface area contributed by atoms with Gasteiger partial charge in [-0.05, 0) is 89.2 Å². The molecule has 2 aliphatic rings. The van der Waals surface area contributed by atoms with Crippen LogP contribution in [-0.4, -0.2) is 100 Å². The minimum atomic E-state index is -4.62. The van der Waals surface area contributed by atoms with Crippen molar-refractivity contribution in [3.05, 3.63) is 141 Å². The summed E-state index contributed by atoms with van der Waals surface area (Å²) in [6, 6.07) is 20.9. The summed E-state index contributed by atoms with van der Waals surface area (Å²) in [7, 11) is 0. The van der Waals surface area contributed by atoms with E-state index < -0.39 is 104 Å². The Balaban J connectivity index is 0.000000247. The normalized spacial score (nSPS) is 25.9. The van der Waals surface area contributed by atoms with Gasteiger partial charge < -0.3 is 44.5 Å². The van der Waals surface area contributed by atoms with Crippen LogP contribution in [0.25, 0.3) is 0 Å². The number of alkyl halides is 8. The third-order valence-corrected chi connectivity index (χ3v) is 11.3. The lowest BCUT2D eigenvalue weighted by Crippen LogP contribution is -2.53. The van der Waals surface area contributed by atoms with Crippen LogP contribution in [0.15, 0.2) is 84.9 Å². The first-order valence-corrected chi connectivity index (χ1v) is 21.0. The Kier molecular flexibility index (Phi) is 17.5. The average Bonchev–Trinajstić information content (AvgIpc) is 3.27. The fourth-order valence-electron chi connectivity index (χ4n) is 7.65. The Hall–Kier alpha value is -4.69. The molecule has 0 amide bonds. The molecule has 4 aromatic carbocycles. The minimum Gasteiger partial charge on any atom is -0.435 e. The summed E-state index contributed by atoms with van der Waals surface area (Å²) in [5.41, 5.74) is 1.96. The molecule has 2 aliphatic heterocycles. The second-order valence-electron chi connectivity index (χ2n) is 15.7. The topological polar surface area (TPSA) is 155 Å². The fraction of sp³-hybridized carbons (Fsp3) is 0.468. The van der Waals surface area contributed by atoms with Gasteiger partial charge in [0.15, 0.2) is 12.3 Å². The number of halogens is 8. The highest BCUT2D eigenvalue weighted by Gasteiger charge is 2.47. The van der Waals surface area contributed by atoms with Crippen molar-refractivity contribution >= 4 is 6.16 Å². The first-order chi connectivity index (χ1) is 30.7. The predicted molar refractivity (Wildman–Crippen MR) is 219 cm³/mol. The van der Waals surface area contributed by atoms with Gasteiger partial charge in [-0.2, -0.15) is 26.3 Å². The van der Waals surface area contributed by atoms with Gasteiger partial charge >= 0.3 is 18.5 Å². The number of aliphatic hydroxyl groups excluding tert-OH is 5. The first-order valence-electron chi connectivity index (χ1n) is 21.0. The highest BCUT2D eigenvalue weighted by atomic mass is 19.4. The summed E-state index contributed by atoms with van der Waals surface area (Å²) in [6.07, 6.45) is -25.5. The van der Waals surface area contributed by atoms with E-state index in [-0.39, 0.29) is 41.7 Å². The molecule has 356 valence electrons. The lowest BCUT2D eigenvalue weighted by atomic mass is 9.89. The molecular formula is C47H52F8O10. The Morgan fingerprint density at radius 3 is 1.32 bits per heavy atom. The molecule has 6 rings (SSSR count). The lowest BCUT2D eigenvalue weighted by Gasteiger charge is -2.39. The number of hydrogen-bond donors (Lipinski definition) is 5. The Labute approximate surface area is 370 Å². The van der Waals surface area contributed by atoms with Crippen LogP contribution in [0, 0.1) is 0 Å². The van der Waals surface area contributed by atoms with Crippen LogP contribution >= 0.6 is 0 Å². The highest BCUT2D eigenvalue weighted by molar-refractivity contribution is 5.59. The van der Waals surface area contributed by atoms with Crippen molar-refractivity contribution in [1.82, 2.24) is 0 Å². The van der Waals surface area contributed by atoms with Crippen LogP contribution in [0.2, 0.25) is 0 Å². The molecule has 2 fully saturated rings. The Morgan fingerprint density at radius 1 is 0.569 bits per heavy atom. The number of benzene rings is 4. The summed E-state index contributed by atoms with van der Waals surface area (Å²) in [4.78, 5) is 11.4. The molecule has 0 aromatic heterocycles. The third kappa shape index (κ3) is 12.8. The number of aryl methyl sites for hydroxylation is 2. The van der Waals surface area contributed by atoms with Gasteiger partial charge in [0.05, 0.1) is 24.3 Å². The SMILES string of the molecule is CCOC(=O)OCC1OC(c2ccc(C(F)(F)F)c(Cc3ccc(CC)cc3)c2)C(O)C(O)C1F.CCc1ccc(Cc2cc(C3OC(CO)C(F)C(O)C3O)ccc2C(F)(F)F)cc1. The van der Waals surface area contributed by atoms with E-state index in [1.54, 1.807) is 31.2 Å². The first kappa shape index (κ1) is 51.3. The second kappa shape index (κ2) is 22.2. The van der Waals surface area contributed by atoms with Crippen molar-refractivity contribution < 1.29 is 84.4 Å². The van der Waals surface area contributed by atoms with Gasteiger partial charge in [0.25, 0.3) is 0 Å². The molecule has 5 N–H and O–H groups in total. The van der Waals surface area contributed by atoms with Crippen molar-refractivity contribution in [2.75, 3.05) is 19.8 Å². The van der Waals surface area contributed by atoms with E-state index in [4.69, 9.17) is 14.2 Å². The quantitative estimate of drug-likeness (QED) is 0.0701. The lowest BCUT2D eigenvalue weighted by molar-refractivity contribution is -0.215. The molecule has 2 saturated heterocycles. The van der Waals surface area contributed by atoms with Gasteiger partial charge in [0, 0.05) is 0 Å². The van der Waals surface area contributed by atoms with Crippen molar-refractivity contribution in [2.45, 2.75) is 120 Å². The summed E-state index contributed by atoms with van der Waals surface area (Å²) < 4.78 is 131. The van der Waals surface area contributed by atoms with Crippen LogP contribution in [0.1, 0.15) is 88.6 Å². The molecular weight excluding hydrogens is 876 g/mol. The molecule has 0 spiro atoms.